The third-order valence-electron chi connectivity index (χ3n) is 3.22. The van der Waals surface area contributed by atoms with E-state index in [0.29, 0.717) is 26.1 Å². The van der Waals surface area contributed by atoms with E-state index in [1.807, 2.05) is 0 Å². The van der Waals surface area contributed by atoms with Crippen molar-refractivity contribution >= 4 is 63.5 Å². The fourth-order valence-corrected chi connectivity index (χ4v) is 6.84. The fourth-order valence-electron chi connectivity index (χ4n) is 2.13. The number of benzene rings is 2. The number of nitrogens with zero attached hydrogens (tertiary/aromatic N) is 1. The van der Waals surface area contributed by atoms with Crippen LogP contribution in [0.25, 0.3) is 0 Å². The summed E-state index contributed by atoms with van der Waals surface area (Å²) >= 11 is 9.91. The van der Waals surface area contributed by atoms with Gasteiger partial charge in [-0.2, -0.15) is 0 Å². The van der Waals surface area contributed by atoms with Gasteiger partial charge in [-0.15, -0.1) is 0 Å². The lowest BCUT2D eigenvalue weighted by Gasteiger charge is -2.12. The lowest BCUT2D eigenvalue weighted by Crippen LogP contribution is -2.14. The van der Waals surface area contributed by atoms with E-state index < -0.39 is 10.0 Å². The Morgan fingerprint density at radius 2 is 1.38 bits per heavy atom. The molecule has 0 unspecified atom stereocenters. The molecule has 0 aliphatic heterocycles. The zero-order valence-corrected chi connectivity index (χ0v) is 18.6. The summed E-state index contributed by atoms with van der Waals surface area (Å²) in [6, 6.07) is 13.5. The molecular formula is C17H11Br3N2O3S. The summed E-state index contributed by atoms with van der Waals surface area (Å²) in [7, 11) is -3.78. The largest absolute Gasteiger partial charge is 0.457 e. The number of anilines is 1. The number of hydrogen-bond donors (Lipinski definition) is 1. The molecule has 3 rings (SSSR count). The zero-order chi connectivity index (χ0) is 18.7. The molecule has 0 spiro atoms. The van der Waals surface area contributed by atoms with E-state index in [1.54, 1.807) is 60.9 Å². The molecule has 0 atom stereocenters. The summed E-state index contributed by atoms with van der Waals surface area (Å²) in [6.07, 6.45) is 3.26. The van der Waals surface area contributed by atoms with Crippen LogP contribution in [0.3, 0.4) is 0 Å². The van der Waals surface area contributed by atoms with Gasteiger partial charge in [-0.05, 0) is 80.4 Å². The second-order valence-electron chi connectivity index (χ2n) is 5.11. The Morgan fingerprint density at radius 3 is 1.96 bits per heavy atom. The third-order valence-corrected chi connectivity index (χ3v) is 6.94. The van der Waals surface area contributed by atoms with Crippen LogP contribution in [0.15, 0.2) is 79.2 Å². The summed E-state index contributed by atoms with van der Waals surface area (Å²) < 4.78 is 35.3. The SMILES string of the molecule is O=S(=O)(Nc1ccc(Oc2ccncc2)cc1)c1c(Br)cc(Br)cc1Br. The maximum Gasteiger partial charge on any atom is 0.264 e. The molecule has 9 heteroatoms. The first-order chi connectivity index (χ1) is 12.3. The van der Waals surface area contributed by atoms with Crippen molar-refractivity contribution < 1.29 is 13.2 Å². The van der Waals surface area contributed by atoms with Crippen molar-refractivity contribution in [3.05, 3.63) is 74.3 Å². The number of nitrogens with one attached hydrogen (secondary N) is 1. The van der Waals surface area contributed by atoms with Crippen molar-refractivity contribution in [1.29, 1.82) is 0 Å². The summed E-state index contributed by atoms with van der Waals surface area (Å²) in [5, 5.41) is 0. The smallest absolute Gasteiger partial charge is 0.264 e. The number of aromatic nitrogens is 1. The first kappa shape index (κ1) is 19.3. The van der Waals surface area contributed by atoms with Gasteiger partial charge in [0.25, 0.3) is 10.0 Å². The standard InChI is InChI=1S/C17H11Br3N2O3S/c18-11-9-15(19)17(16(20)10-11)26(23,24)22-12-1-3-13(4-2-12)25-14-5-7-21-8-6-14/h1-10,22H. The van der Waals surface area contributed by atoms with Crippen molar-refractivity contribution in [2.75, 3.05) is 4.72 Å². The van der Waals surface area contributed by atoms with Crippen molar-refractivity contribution in [1.82, 2.24) is 4.98 Å². The molecule has 0 saturated heterocycles. The van der Waals surface area contributed by atoms with Gasteiger partial charge in [-0.25, -0.2) is 8.42 Å². The van der Waals surface area contributed by atoms with Crippen LogP contribution in [0.2, 0.25) is 0 Å². The molecule has 0 bridgehead atoms. The van der Waals surface area contributed by atoms with Crippen LogP contribution in [-0.2, 0) is 10.0 Å². The first-order valence-electron chi connectivity index (χ1n) is 7.20. The topological polar surface area (TPSA) is 68.3 Å². The minimum atomic E-state index is -3.78. The molecule has 2 aromatic carbocycles. The van der Waals surface area contributed by atoms with Gasteiger partial charge in [-0.3, -0.25) is 9.71 Å². The molecule has 3 aromatic rings. The minimum absolute atomic E-state index is 0.123. The van der Waals surface area contributed by atoms with E-state index in [4.69, 9.17) is 4.74 Å². The van der Waals surface area contributed by atoms with Crippen molar-refractivity contribution in [2.24, 2.45) is 0 Å². The van der Waals surface area contributed by atoms with Gasteiger partial charge < -0.3 is 4.74 Å². The average molecular weight is 563 g/mol. The Labute approximate surface area is 176 Å². The molecule has 0 aliphatic rings. The molecule has 0 radical (unpaired) electrons. The highest BCUT2D eigenvalue weighted by Crippen LogP contribution is 2.34. The molecule has 0 aliphatic carbocycles. The predicted octanol–water partition coefficient (Wildman–Crippen LogP) is 5.96. The van der Waals surface area contributed by atoms with Crippen molar-refractivity contribution in [3.8, 4) is 11.5 Å². The maximum absolute atomic E-state index is 12.7. The number of rotatable bonds is 5. The lowest BCUT2D eigenvalue weighted by molar-refractivity contribution is 0.482. The molecule has 1 aromatic heterocycles. The second kappa shape index (κ2) is 8.08. The first-order valence-corrected chi connectivity index (χ1v) is 11.1. The van der Waals surface area contributed by atoms with Gasteiger partial charge >= 0.3 is 0 Å². The highest BCUT2D eigenvalue weighted by atomic mass is 79.9. The monoisotopic (exact) mass is 560 g/mol. The van der Waals surface area contributed by atoms with Crippen LogP contribution in [-0.4, -0.2) is 13.4 Å². The number of sulfonamides is 1. The van der Waals surface area contributed by atoms with Gasteiger partial charge in [0.2, 0.25) is 0 Å². The van der Waals surface area contributed by atoms with Gasteiger partial charge in [0.1, 0.15) is 16.4 Å². The molecule has 1 N–H and O–H groups in total. The van der Waals surface area contributed by atoms with E-state index in [9.17, 15) is 8.42 Å². The molecule has 0 fully saturated rings. The quantitative estimate of drug-likeness (QED) is 0.416. The Kier molecular flexibility index (Phi) is 6.01. The number of hydrogen-bond acceptors (Lipinski definition) is 4. The average Bonchev–Trinajstić information content (AvgIpc) is 2.56. The summed E-state index contributed by atoms with van der Waals surface area (Å²) in [4.78, 5) is 4.05. The van der Waals surface area contributed by atoms with Crippen molar-refractivity contribution in [3.63, 3.8) is 0 Å². The summed E-state index contributed by atoms with van der Waals surface area (Å²) in [5.74, 6) is 1.24. The highest BCUT2D eigenvalue weighted by molar-refractivity contribution is 9.11. The Morgan fingerprint density at radius 1 is 0.846 bits per heavy atom. The van der Waals surface area contributed by atoms with Crippen LogP contribution >= 0.6 is 47.8 Å². The lowest BCUT2D eigenvalue weighted by atomic mass is 10.3. The van der Waals surface area contributed by atoms with Crippen molar-refractivity contribution in [2.45, 2.75) is 4.90 Å². The van der Waals surface area contributed by atoms with Crippen LogP contribution in [0.4, 0.5) is 5.69 Å². The number of ether oxygens (including phenoxy) is 1. The van der Waals surface area contributed by atoms with Crippen LogP contribution in [0.5, 0.6) is 11.5 Å². The van der Waals surface area contributed by atoms with Crippen LogP contribution < -0.4 is 9.46 Å². The third kappa shape index (κ3) is 4.64. The van der Waals surface area contributed by atoms with Gasteiger partial charge in [0.05, 0.1) is 0 Å². The van der Waals surface area contributed by atoms with E-state index >= 15 is 0 Å². The molecule has 134 valence electrons. The summed E-state index contributed by atoms with van der Waals surface area (Å²) in [6.45, 7) is 0. The molecular weight excluding hydrogens is 552 g/mol. The van der Waals surface area contributed by atoms with E-state index in [1.165, 1.54) is 0 Å². The Balaban J connectivity index is 1.80. The molecule has 0 saturated carbocycles. The Bertz CT molecular complexity index is 1000. The highest BCUT2D eigenvalue weighted by Gasteiger charge is 2.22. The maximum atomic E-state index is 12.7. The molecule has 0 amide bonds. The van der Waals surface area contributed by atoms with Gasteiger partial charge in [0.15, 0.2) is 0 Å². The number of pyridine rings is 1. The van der Waals surface area contributed by atoms with Crippen LogP contribution in [0.1, 0.15) is 0 Å². The Hall–Kier alpha value is -1.42. The van der Waals surface area contributed by atoms with Gasteiger partial charge in [-0.1, -0.05) is 15.9 Å². The molecule has 26 heavy (non-hydrogen) atoms. The van der Waals surface area contributed by atoms with Gasteiger partial charge in [0, 0.05) is 31.5 Å². The fraction of sp³-hybridized carbons (Fsp3) is 0. The summed E-state index contributed by atoms with van der Waals surface area (Å²) in [5.41, 5.74) is 0.425. The van der Waals surface area contributed by atoms with E-state index in [-0.39, 0.29) is 4.90 Å². The normalized spacial score (nSPS) is 11.2. The molecule has 5 nitrogen and oxygen atoms in total. The van der Waals surface area contributed by atoms with E-state index in [0.717, 1.165) is 4.47 Å². The second-order valence-corrected chi connectivity index (χ2v) is 9.36. The molecule has 1 heterocycles. The van der Waals surface area contributed by atoms with Crippen LogP contribution in [0, 0.1) is 0 Å². The predicted molar refractivity (Wildman–Crippen MR) is 111 cm³/mol. The number of halogens is 3. The van der Waals surface area contributed by atoms with E-state index in [2.05, 4.69) is 57.5 Å². The minimum Gasteiger partial charge on any atom is -0.457 e. The zero-order valence-electron chi connectivity index (χ0n) is 13.0.